The summed E-state index contributed by atoms with van der Waals surface area (Å²) in [5, 5.41) is 11.0. The van der Waals surface area contributed by atoms with Crippen molar-refractivity contribution in [3.05, 3.63) is 41.5 Å². The minimum atomic E-state index is 0.547. The summed E-state index contributed by atoms with van der Waals surface area (Å²) in [6.07, 6.45) is 0. The molecule has 0 radical (unpaired) electrons. The van der Waals surface area contributed by atoms with E-state index in [-0.39, 0.29) is 0 Å². The molecule has 2 heteroatoms. The van der Waals surface area contributed by atoms with Gasteiger partial charge >= 0.3 is 0 Å². The third-order valence-electron chi connectivity index (χ3n) is 2.39. The molecule has 0 amide bonds. The molecule has 0 aliphatic rings. The van der Waals surface area contributed by atoms with Gasteiger partial charge in [-0.1, -0.05) is 18.2 Å². The summed E-state index contributed by atoms with van der Waals surface area (Å²) in [4.78, 5) is 0. The summed E-state index contributed by atoms with van der Waals surface area (Å²) >= 11 is 0. The van der Waals surface area contributed by atoms with Crippen LogP contribution in [0.5, 0.6) is 0 Å². The van der Waals surface area contributed by atoms with Gasteiger partial charge in [-0.15, -0.1) is 0 Å². The van der Waals surface area contributed by atoms with Gasteiger partial charge in [-0.25, -0.2) is 0 Å². The zero-order chi connectivity index (χ0) is 10.1. The number of nitrogens with zero attached hydrogens (tertiary/aromatic N) is 1. The van der Waals surface area contributed by atoms with Crippen molar-refractivity contribution in [1.82, 2.24) is 0 Å². The number of hydrogen-bond acceptors (Lipinski definition) is 2. The molecule has 2 aromatic carbocycles. The van der Waals surface area contributed by atoms with Crippen LogP contribution in [0.1, 0.15) is 11.1 Å². The van der Waals surface area contributed by atoms with Crippen molar-refractivity contribution in [2.45, 2.75) is 6.92 Å². The molecule has 14 heavy (non-hydrogen) atoms. The number of hydrogen-bond donors (Lipinski definition) is 1. The first kappa shape index (κ1) is 8.58. The summed E-state index contributed by atoms with van der Waals surface area (Å²) in [7, 11) is 0. The van der Waals surface area contributed by atoms with E-state index in [9.17, 15) is 0 Å². The lowest BCUT2D eigenvalue weighted by Gasteiger charge is -2.04. The molecule has 2 rings (SSSR count). The molecular weight excluding hydrogens is 172 g/mol. The Balaban J connectivity index is 2.89. The predicted molar refractivity (Wildman–Crippen MR) is 57.8 cm³/mol. The van der Waals surface area contributed by atoms with Gasteiger partial charge in [0.1, 0.15) is 6.07 Å². The van der Waals surface area contributed by atoms with Gasteiger partial charge in [-0.3, -0.25) is 0 Å². The fourth-order valence-corrected chi connectivity index (χ4v) is 1.60. The van der Waals surface area contributed by atoms with Crippen LogP contribution in [0.4, 0.5) is 5.69 Å². The largest absolute Gasteiger partial charge is 0.398 e. The molecule has 0 saturated heterocycles. The second kappa shape index (κ2) is 3.04. The Morgan fingerprint density at radius 3 is 2.79 bits per heavy atom. The third kappa shape index (κ3) is 1.20. The average Bonchev–Trinajstić information content (AvgIpc) is 2.17. The Kier molecular flexibility index (Phi) is 1.86. The summed E-state index contributed by atoms with van der Waals surface area (Å²) in [5.41, 5.74) is 7.99. The van der Waals surface area contributed by atoms with Crippen LogP contribution in [0.2, 0.25) is 0 Å². The molecule has 0 aliphatic carbocycles. The van der Waals surface area contributed by atoms with Crippen molar-refractivity contribution >= 4 is 16.5 Å². The van der Waals surface area contributed by atoms with E-state index in [1.807, 2.05) is 37.3 Å². The van der Waals surface area contributed by atoms with Gasteiger partial charge in [0.25, 0.3) is 0 Å². The Morgan fingerprint density at radius 1 is 1.29 bits per heavy atom. The van der Waals surface area contributed by atoms with Crippen LogP contribution in [-0.4, -0.2) is 0 Å². The highest BCUT2D eigenvalue weighted by atomic mass is 14.6. The van der Waals surface area contributed by atoms with Crippen molar-refractivity contribution < 1.29 is 0 Å². The Morgan fingerprint density at radius 2 is 2.07 bits per heavy atom. The molecule has 2 aromatic rings. The van der Waals surface area contributed by atoms with Gasteiger partial charge in [0.15, 0.2) is 0 Å². The van der Waals surface area contributed by atoms with E-state index in [2.05, 4.69) is 6.07 Å². The highest BCUT2D eigenvalue weighted by Crippen LogP contribution is 2.23. The zero-order valence-corrected chi connectivity index (χ0v) is 7.91. The summed E-state index contributed by atoms with van der Waals surface area (Å²) in [6.45, 7) is 2.03. The number of nitrogen functional groups attached to an aromatic ring is 1. The van der Waals surface area contributed by atoms with E-state index in [1.54, 1.807) is 0 Å². The molecule has 0 spiro atoms. The van der Waals surface area contributed by atoms with Crippen LogP contribution in [-0.2, 0) is 0 Å². The van der Waals surface area contributed by atoms with Crippen LogP contribution in [0, 0.1) is 18.3 Å². The molecule has 0 aliphatic heterocycles. The maximum absolute atomic E-state index is 8.84. The lowest BCUT2D eigenvalue weighted by atomic mass is 10.0. The smallest absolute Gasteiger partial charge is 0.101 e. The first-order chi connectivity index (χ1) is 6.72. The van der Waals surface area contributed by atoms with Gasteiger partial charge in [-0.2, -0.15) is 5.26 Å². The molecule has 0 heterocycles. The summed E-state index contributed by atoms with van der Waals surface area (Å²) < 4.78 is 0. The number of nitrogens with two attached hydrogens (primary N) is 1. The van der Waals surface area contributed by atoms with Crippen LogP contribution < -0.4 is 5.73 Å². The number of benzene rings is 2. The molecule has 0 bridgehead atoms. The maximum atomic E-state index is 8.84. The lowest BCUT2D eigenvalue weighted by molar-refractivity contribution is 1.48. The fourth-order valence-electron chi connectivity index (χ4n) is 1.60. The molecule has 0 aromatic heterocycles. The van der Waals surface area contributed by atoms with E-state index in [0.29, 0.717) is 11.3 Å². The first-order valence-electron chi connectivity index (χ1n) is 4.41. The van der Waals surface area contributed by atoms with Gasteiger partial charge in [0.2, 0.25) is 0 Å². The topological polar surface area (TPSA) is 49.8 Å². The lowest BCUT2D eigenvalue weighted by Crippen LogP contribution is -1.91. The fraction of sp³-hybridized carbons (Fsp3) is 0.0833. The molecule has 0 unspecified atom stereocenters. The van der Waals surface area contributed by atoms with Crippen molar-refractivity contribution in [3.8, 4) is 6.07 Å². The first-order valence-corrected chi connectivity index (χ1v) is 4.41. The molecular formula is C12H10N2. The Labute approximate surface area is 82.6 Å². The molecule has 0 atom stereocenters. The summed E-state index contributed by atoms with van der Waals surface area (Å²) in [6, 6.07) is 11.8. The number of nitriles is 1. The van der Waals surface area contributed by atoms with Crippen LogP contribution in [0.25, 0.3) is 10.8 Å². The SMILES string of the molecule is Cc1cccc2cc(N)c(C#N)cc12. The van der Waals surface area contributed by atoms with E-state index in [4.69, 9.17) is 11.0 Å². The predicted octanol–water partition coefficient (Wildman–Crippen LogP) is 2.60. The quantitative estimate of drug-likeness (QED) is 0.636. The number of aryl methyl sites for hydroxylation is 1. The standard InChI is InChI=1S/C12H10N2/c1-8-3-2-4-9-6-12(14)10(7-13)5-11(8)9/h2-6H,14H2,1H3. The van der Waals surface area contributed by atoms with Crippen molar-refractivity contribution in [3.63, 3.8) is 0 Å². The van der Waals surface area contributed by atoms with E-state index in [1.165, 1.54) is 5.56 Å². The molecule has 0 fully saturated rings. The van der Waals surface area contributed by atoms with Crippen molar-refractivity contribution in [1.29, 1.82) is 5.26 Å². The molecule has 2 N–H and O–H groups in total. The van der Waals surface area contributed by atoms with Gasteiger partial charge in [0.05, 0.1) is 11.3 Å². The van der Waals surface area contributed by atoms with Gasteiger partial charge in [-0.05, 0) is 35.4 Å². The second-order valence-electron chi connectivity index (χ2n) is 3.35. The normalized spacial score (nSPS) is 10.0. The second-order valence-corrected chi connectivity index (χ2v) is 3.35. The average molecular weight is 182 g/mol. The highest BCUT2D eigenvalue weighted by molar-refractivity contribution is 5.90. The number of anilines is 1. The minimum Gasteiger partial charge on any atom is -0.398 e. The summed E-state index contributed by atoms with van der Waals surface area (Å²) in [5.74, 6) is 0. The molecule has 0 saturated carbocycles. The van der Waals surface area contributed by atoms with Crippen LogP contribution >= 0.6 is 0 Å². The third-order valence-corrected chi connectivity index (χ3v) is 2.39. The van der Waals surface area contributed by atoms with E-state index >= 15 is 0 Å². The Bertz CT molecular complexity index is 536. The van der Waals surface area contributed by atoms with Crippen LogP contribution in [0.3, 0.4) is 0 Å². The maximum Gasteiger partial charge on any atom is 0.101 e. The monoisotopic (exact) mass is 182 g/mol. The highest BCUT2D eigenvalue weighted by Gasteiger charge is 2.02. The van der Waals surface area contributed by atoms with E-state index in [0.717, 1.165) is 10.8 Å². The molecule has 68 valence electrons. The van der Waals surface area contributed by atoms with Crippen molar-refractivity contribution in [2.75, 3.05) is 5.73 Å². The van der Waals surface area contributed by atoms with E-state index < -0.39 is 0 Å². The molecule has 2 nitrogen and oxygen atoms in total. The minimum absolute atomic E-state index is 0.547. The van der Waals surface area contributed by atoms with Crippen LogP contribution in [0.15, 0.2) is 30.3 Å². The van der Waals surface area contributed by atoms with Gasteiger partial charge < -0.3 is 5.73 Å². The number of rotatable bonds is 0. The number of fused-ring (bicyclic) bond motifs is 1. The van der Waals surface area contributed by atoms with Gasteiger partial charge in [0, 0.05) is 0 Å². The Hall–Kier alpha value is -2.01. The van der Waals surface area contributed by atoms with Crippen molar-refractivity contribution in [2.24, 2.45) is 0 Å². The zero-order valence-electron chi connectivity index (χ0n) is 7.91.